The monoisotopic (exact) mass is 338 g/mol. The van der Waals surface area contributed by atoms with Crippen molar-refractivity contribution in [2.45, 2.75) is 80.1 Å². The van der Waals surface area contributed by atoms with E-state index in [4.69, 9.17) is 0 Å². The maximum Gasteiger partial charge on any atom is 0.00347 e. The first-order chi connectivity index (χ1) is 11.3. The number of piperidine rings is 1. The van der Waals surface area contributed by atoms with Gasteiger partial charge in [0.05, 0.1) is 0 Å². The Morgan fingerprint density at radius 1 is 0.958 bits per heavy atom. The van der Waals surface area contributed by atoms with E-state index in [1.807, 2.05) is 13.8 Å². The van der Waals surface area contributed by atoms with E-state index in [0.29, 0.717) is 5.41 Å². The van der Waals surface area contributed by atoms with Gasteiger partial charge in [0.1, 0.15) is 0 Å². The van der Waals surface area contributed by atoms with Crippen molar-refractivity contribution in [3.05, 3.63) is 0 Å². The minimum atomic E-state index is 0.630. The first kappa shape index (κ1) is 22.0. The second-order valence-electron chi connectivity index (χ2n) is 9.03. The molecule has 3 fully saturated rings. The van der Waals surface area contributed by atoms with Gasteiger partial charge in [0.2, 0.25) is 0 Å². The number of nitrogens with zero attached hydrogens (tertiary/aromatic N) is 2. The summed E-state index contributed by atoms with van der Waals surface area (Å²) in [6.45, 7) is 18.6. The minimum absolute atomic E-state index is 0.630. The average molecular weight is 339 g/mol. The van der Waals surface area contributed by atoms with Gasteiger partial charge < -0.3 is 9.80 Å². The smallest absolute Gasteiger partial charge is 0.00347 e. The van der Waals surface area contributed by atoms with Crippen LogP contribution in [0.25, 0.3) is 0 Å². The fourth-order valence-electron chi connectivity index (χ4n) is 4.54. The molecule has 3 unspecified atom stereocenters. The first-order valence-electron chi connectivity index (χ1n) is 10.7. The van der Waals surface area contributed by atoms with E-state index < -0.39 is 0 Å². The van der Waals surface area contributed by atoms with Crippen molar-refractivity contribution in [3.63, 3.8) is 0 Å². The van der Waals surface area contributed by atoms with Crippen molar-refractivity contribution in [2.24, 2.45) is 22.7 Å². The van der Waals surface area contributed by atoms with Gasteiger partial charge in [-0.2, -0.15) is 0 Å². The van der Waals surface area contributed by atoms with Gasteiger partial charge in [0.15, 0.2) is 0 Å². The van der Waals surface area contributed by atoms with Crippen molar-refractivity contribution in [3.8, 4) is 0 Å². The molecule has 2 heteroatoms. The van der Waals surface area contributed by atoms with E-state index in [1.54, 1.807) is 0 Å². The van der Waals surface area contributed by atoms with Crippen molar-refractivity contribution in [1.29, 1.82) is 0 Å². The zero-order valence-electron chi connectivity index (χ0n) is 18.1. The first-order valence-corrected chi connectivity index (χ1v) is 10.7. The Morgan fingerprint density at radius 3 is 1.79 bits per heavy atom. The minimum Gasteiger partial charge on any atom is -0.306 e. The highest BCUT2D eigenvalue weighted by molar-refractivity contribution is 4.96. The standard InChI is InChI=1S/C10H19N.C10H21N.C2H6/c1-9-3-4-10(9)5-7-11(2)8-6-10;1-5-11(4)8-10(3)7-6-9(10)2;1-2/h9H,3-8H2,1-2H3;9H,5-8H2,1-4H3;1-2H3. The fraction of sp³-hybridized carbons (Fsp3) is 1.00. The molecule has 1 heterocycles. The van der Waals surface area contributed by atoms with Crippen molar-refractivity contribution in [1.82, 2.24) is 9.80 Å². The van der Waals surface area contributed by atoms with Gasteiger partial charge in [-0.3, -0.25) is 0 Å². The Balaban J connectivity index is 0.000000218. The van der Waals surface area contributed by atoms with Crippen LogP contribution in [0.2, 0.25) is 0 Å². The molecule has 3 rings (SSSR count). The molecule has 0 aromatic heterocycles. The average Bonchev–Trinajstić information content (AvgIpc) is 2.61. The quantitative estimate of drug-likeness (QED) is 0.667. The number of hydrogen-bond donors (Lipinski definition) is 0. The molecule has 0 bridgehead atoms. The summed E-state index contributed by atoms with van der Waals surface area (Å²) in [6.07, 6.45) is 8.80. The maximum atomic E-state index is 2.47. The Bertz CT molecular complexity index is 346. The van der Waals surface area contributed by atoms with Crippen LogP contribution in [0.4, 0.5) is 0 Å². The summed E-state index contributed by atoms with van der Waals surface area (Å²) in [5, 5.41) is 0. The van der Waals surface area contributed by atoms with Crippen LogP contribution in [0.5, 0.6) is 0 Å². The van der Waals surface area contributed by atoms with E-state index in [1.165, 1.54) is 64.7 Å². The molecule has 1 aliphatic heterocycles. The lowest BCUT2D eigenvalue weighted by molar-refractivity contribution is -0.0182. The van der Waals surface area contributed by atoms with Gasteiger partial charge in [-0.05, 0) is 94.9 Å². The van der Waals surface area contributed by atoms with Crippen LogP contribution in [0.1, 0.15) is 80.1 Å². The van der Waals surface area contributed by atoms with Crippen LogP contribution in [0.3, 0.4) is 0 Å². The Hall–Kier alpha value is -0.0800. The van der Waals surface area contributed by atoms with E-state index in [0.717, 1.165) is 17.3 Å². The van der Waals surface area contributed by atoms with Gasteiger partial charge in [-0.1, -0.05) is 41.5 Å². The highest BCUT2D eigenvalue weighted by Gasteiger charge is 2.44. The van der Waals surface area contributed by atoms with Crippen LogP contribution < -0.4 is 0 Å². The van der Waals surface area contributed by atoms with E-state index in [9.17, 15) is 0 Å². The molecule has 2 saturated carbocycles. The van der Waals surface area contributed by atoms with Crippen LogP contribution >= 0.6 is 0 Å². The third-order valence-corrected chi connectivity index (χ3v) is 7.61. The van der Waals surface area contributed by atoms with E-state index in [2.05, 4.69) is 51.6 Å². The van der Waals surface area contributed by atoms with Crippen LogP contribution in [0.15, 0.2) is 0 Å². The summed E-state index contributed by atoms with van der Waals surface area (Å²) in [5.41, 5.74) is 1.43. The zero-order valence-corrected chi connectivity index (χ0v) is 18.1. The molecule has 1 saturated heterocycles. The lowest BCUT2D eigenvalue weighted by Crippen LogP contribution is -2.47. The molecule has 0 aromatic rings. The van der Waals surface area contributed by atoms with Gasteiger partial charge in [0, 0.05) is 6.54 Å². The molecule has 2 aliphatic carbocycles. The molecule has 24 heavy (non-hydrogen) atoms. The SMILES string of the molecule is CC.CC1CCC12CCN(C)CC2.CCN(C)CC1(C)CCC1C. The van der Waals surface area contributed by atoms with Crippen molar-refractivity contribution < 1.29 is 0 Å². The van der Waals surface area contributed by atoms with E-state index in [-0.39, 0.29) is 0 Å². The summed E-state index contributed by atoms with van der Waals surface area (Å²) in [5.74, 6) is 1.97. The molecular formula is C22H46N2. The lowest BCUT2D eigenvalue weighted by atomic mass is 9.56. The normalized spacial score (nSPS) is 34.4. The highest BCUT2D eigenvalue weighted by Crippen LogP contribution is 2.53. The van der Waals surface area contributed by atoms with Crippen LogP contribution in [-0.4, -0.2) is 50.1 Å². The Kier molecular flexibility index (Phi) is 8.76. The van der Waals surface area contributed by atoms with Gasteiger partial charge >= 0.3 is 0 Å². The fourth-order valence-corrected chi connectivity index (χ4v) is 4.54. The number of likely N-dealkylation sites (tertiary alicyclic amines) is 1. The molecule has 1 spiro atoms. The predicted molar refractivity (Wildman–Crippen MR) is 109 cm³/mol. The molecular weight excluding hydrogens is 292 g/mol. The summed E-state index contributed by atoms with van der Waals surface area (Å²) < 4.78 is 0. The largest absolute Gasteiger partial charge is 0.306 e. The molecule has 3 atom stereocenters. The molecule has 0 N–H and O–H groups in total. The maximum absolute atomic E-state index is 2.47. The molecule has 144 valence electrons. The van der Waals surface area contributed by atoms with Crippen LogP contribution in [-0.2, 0) is 0 Å². The van der Waals surface area contributed by atoms with Crippen molar-refractivity contribution >= 4 is 0 Å². The summed E-state index contributed by atoms with van der Waals surface area (Å²) in [6, 6.07) is 0. The summed E-state index contributed by atoms with van der Waals surface area (Å²) in [4.78, 5) is 4.89. The van der Waals surface area contributed by atoms with Gasteiger partial charge in [0.25, 0.3) is 0 Å². The second kappa shape index (κ2) is 9.57. The second-order valence-corrected chi connectivity index (χ2v) is 9.03. The van der Waals surface area contributed by atoms with Gasteiger partial charge in [-0.15, -0.1) is 0 Å². The third kappa shape index (κ3) is 5.21. The molecule has 0 amide bonds. The third-order valence-electron chi connectivity index (χ3n) is 7.61. The molecule has 0 aromatic carbocycles. The summed E-state index contributed by atoms with van der Waals surface area (Å²) in [7, 11) is 4.46. The number of hydrogen-bond acceptors (Lipinski definition) is 2. The molecule has 2 nitrogen and oxygen atoms in total. The highest BCUT2D eigenvalue weighted by atomic mass is 15.1. The lowest BCUT2D eigenvalue weighted by Gasteiger charge is -2.52. The molecule has 3 aliphatic rings. The van der Waals surface area contributed by atoms with Crippen LogP contribution in [0, 0.1) is 22.7 Å². The predicted octanol–water partition coefficient (Wildman–Crippen LogP) is 5.53. The Morgan fingerprint density at radius 2 is 1.50 bits per heavy atom. The van der Waals surface area contributed by atoms with Crippen molar-refractivity contribution in [2.75, 3.05) is 40.3 Å². The topological polar surface area (TPSA) is 6.48 Å². The molecule has 0 radical (unpaired) electrons. The summed E-state index contributed by atoms with van der Waals surface area (Å²) >= 11 is 0. The van der Waals surface area contributed by atoms with E-state index >= 15 is 0 Å². The zero-order chi connectivity index (χ0) is 18.4. The van der Waals surface area contributed by atoms with Gasteiger partial charge in [-0.25, -0.2) is 0 Å². The number of rotatable bonds is 3. The Labute approximate surface area is 153 Å².